The van der Waals surface area contributed by atoms with Crippen LogP contribution in [0.5, 0.6) is 0 Å². The van der Waals surface area contributed by atoms with Gasteiger partial charge >= 0.3 is 0 Å². The fourth-order valence-electron chi connectivity index (χ4n) is 2.45. The third-order valence-corrected chi connectivity index (χ3v) is 3.90. The van der Waals surface area contributed by atoms with Gasteiger partial charge in [0.1, 0.15) is 5.69 Å². The van der Waals surface area contributed by atoms with Crippen molar-refractivity contribution in [3.8, 4) is 0 Å². The molecule has 0 radical (unpaired) electrons. The highest BCUT2D eigenvalue weighted by molar-refractivity contribution is 6.03. The van der Waals surface area contributed by atoms with Crippen LogP contribution in [0.2, 0.25) is 0 Å². The molecule has 0 aliphatic carbocycles. The zero-order chi connectivity index (χ0) is 16.9. The first-order chi connectivity index (χ1) is 11.6. The number of hydrogen-bond donors (Lipinski definition) is 1. The maximum absolute atomic E-state index is 12.5. The second-order valence-corrected chi connectivity index (χ2v) is 5.56. The smallest absolute Gasteiger partial charge is 0.274 e. The molecule has 1 heterocycles. The van der Waals surface area contributed by atoms with Crippen LogP contribution in [0.1, 0.15) is 16.1 Å². The molecule has 0 atom stereocenters. The van der Waals surface area contributed by atoms with E-state index in [0.717, 1.165) is 22.6 Å². The van der Waals surface area contributed by atoms with Crippen LogP contribution in [-0.2, 0) is 0 Å². The average Bonchev–Trinajstić information content (AvgIpc) is 2.64. The Kier molecular flexibility index (Phi) is 4.57. The maximum Gasteiger partial charge on any atom is 0.274 e. The predicted octanol–water partition coefficient (Wildman–Crippen LogP) is 4.41. The van der Waals surface area contributed by atoms with Gasteiger partial charge in [-0.25, -0.2) is 0 Å². The molecule has 0 fully saturated rings. The van der Waals surface area contributed by atoms with Crippen molar-refractivity contribution in [3.63, 3.8) is 0 Å². The van der Waals surface area contributed by atoms with E-state index in [0.29, 0.717) is 5.69 Å². The van der Waals surface area contributed by atoms with Gasteiger partial charge in [0.05, 0.1) is 0 Å². The molecule has 0 bridgehead atoms. The molecule has 1 N–H and O–H groups in total. The van der Waals surface area contributed by atoms with Gasteiger partial charge in [0, 0.05) is 30.3 Å². The van der Waals surface area contributed by atoms with Crippen LogP contribution >= 0.6 is 0 Å². The Morgan fingerprint density at radius 3 is 2.42 bits per heavy atom. The van der Waals surface area contributed by atoms with Gasteiger partial charge in [-0.2, -0.15) is 0 Å². The van der Waals surface area contributed by atoms with Crippen molar-refractivity contribution in [2.75, 3.05) is 17.3 Å². The molecule has 4 heteroatoms. The highest BCUT2D eigenvalue weighted by Crippen LogP contribution is 2.23. The number of aryl methyl sites for hydroxylation is 1. The SMILES string of the molecule is Cc1ccccc1NC(=O)c1cc(N(C)c2ccccc2)ccn1. The van der Waals surface area contributed by atoms with Gasteiger partial charge in [-0.05, 0) is 42.8 Å². The number of carbonyl (C=O) groups excluding carboxylic acids is 1. The van der Waals surface area contributed by atoms with Crippen LogP contribution in [0.3, 0.4) is 0 Å². The molecule has 0 aliphatic heterocycles. The lowest BCUT2D eigenvalue weighted by Crippen LogP contribution is -2.16. The van der Waals surface area contributed by atoms with Crippen LogP contribution in [0.25, 0.3) is 0 Å². The van der Waals surface area contributed by atoms with Crippen LogP contribution in [-0.4, -0.2) is 17.9 Å². The lowest BCUT2D eigenvalue weighted by atomic mass is 10.2. The van der Waals surface area contributed by atoms with Crippen molar-refractivity contribution in [1.82, 2.24) is 4.98 Å². The van der Waals surface area contributed by atoms with E-state index in [1.165, 1.54) is 0 Å². The third kappa shape index (κ3) is 3.43. The molecule has 4 nitrogen and oxygen atoms in total. The van der Waals surface area contributed by atoms with Crippen molar-refractivity contribution < 1.29 is 4.79 Å². The quantitative estimate of drug-likeness (QED) is 0.775. The van der Waals surface area contributed by atoms with E-state index >= 15 is 0 Å². The molecule has 0 spiro atoms. The first-order valence-corrected chi connectivity index (χ1v) is 7.77. The summed E-state index contributed by atoms with van der Waals surface area (Å²) < 4.78 is 0. The highest BCUT2D eigenvalue weighted by atomic mass is 16.1. The highest BCUT2D eigenvalue weighted by Gasteiger charge is 2.11. The summed E-state index contributed by atoms with van der Waals surface area (Å²) in [6.45, 7) is 1.96. The van der Waals surface area contributed by atoms with Gasteiger partial charge in [0.15, 0.2) is 0 Å². The summed E-state index contributed by atoms with van der Waals surface area (Å²) in [5, 5.41) is 2.91. The molecule has 0 aliphatic rings. The van der Waals surface area contributed by atoms with E-state index in [1.54, 1.807) is 12.3 Å². The number of benzene rings is 2. The summed E-state index contributed by atoms with van der Waals surface area (Å²) in [4.78, 5) is 18.7. The number of anilines is 3. The minimum atomic E-state index is -0.215. The van der Waals surface area contributed by atoms with Gasteiger partial charge in [-0.15, -0.1) is 0 Å². The average molecular weight is 317 g/mol. The van der Waals surface area contributed by atoms with Gasteiger partial charge in [-0.1, -0.05) is 36.4 Å². The lowest BCUT2D eigenvalue weighted by Gasteiger charge is -2.19. The van der Waals surface area contributed by atoms with Crippen molar-refractivity contribution in [2.24, 2.45) is 0 Å². The molecular weight excluding hydrogens is 298 g/mol. The number of rotatable bonds is 4. The summed E-state index contributed by atoms with van der Waals surface area (Å²) in [7, 11) is 1.97. The standard InChI is InChI=1S/C20H19N3O/c1-15-8-6-7-11-18(15)22-20(24)19-14-17(12-13-21-19)23(2)16-9-4-3-5-10-16/h3-14H,1-2H3,(H,22,24). The summed E-state index contributed by atoms with van der Waals surface area (Å²) in [6, 6.07) is 21.4. The van der Waals surface area contributed by atoms with Gasteiger partial charge in [-0.3, -0.25) is 9.78 Å². The zero-order valence-electron chi connectivity index (χ0n) is 13.7. The Morgan fingerprint density at radius 1 is 0.958 bits per heavy atom. The summed E-state index contributed by atoms with van der Waals surface area (Å²) in [6.07, 6.45) is 1.65. The molecule has 0 unspecified atom stereocenters. The lowest BCUT2D eigenvalue weighted by molar-refractivity contribution is 0.102. The Bertz CT molecular complexity index is 846. The third-order valence-electron chi connectivity index (χ3n) is 3.90. The van der Waals surface area contributed by atoms with Crippen LogP contribution in [0.4, 0.5) is 17.1 Å². The zero-order valence-corrected chi connectivity index (χ0v) is 13.7. The van der Waals surface area contributed by atoms with Crippen molar-refractivity contribution in [2.45, 2.75) is 6.92 Å². The summed E-state index contributed by atoms with van der Waals surface area (Å²) in [5.41, 5.74) is 4.16. The van der Waals surface area contributed by atoms with E-state index in [-0.39, 0.29) is 5.91 Å². The minimum absolute atomic E-state index is 0.215. The second kappa shape index (κ2) is 6.96. The number of aromatic nitrogens is 1. The first-order valence-electron chi connectivity index (χ1n) is 7.77. The number of amides is 1. The van der Waals surface area contributed by atoms with E-state index in [2.05, 4.69) is 10.3 Å². The molecule has 120 valence electrons. The largest absolute Gasteiger partial charge is 0.345 e. The van der Waals surface area contributed by atoms with Crippen LogP contribution < -0.4 is 10.2 Å². The van der Waals surface area contributed by atoms with Gasteiger partial charge in [0.2, 0.25) is 0 Å². The van der Waals surface area contributed by atoms with E-state index in [1.807, 2.05) is 79.5 Å². The monoisotopic (exact) mass is 317 g/mol. The van der Waals surface area contributed by atoms with Crippen molar-refractivity contribution >= 4 is 23.0 Å². The molecule has 3 aromatic rings. The Labute approximate surface area is 141 Å². The number of pyridine rings is 1. The molecule has 1 amide bonds. The molecule has 0 saturated heterocycles. The molecule has 3 rings (SSSR count). The fourth-order valence-corrected chi connectivity index (χ4v) is 2.45. The van der Waals surface area contributed by atoms with Crippen molar-refractivity contribution in [3.05, 3.63) is 84.2 Å². The Morgan fingerprint density at radius 2 is 1.67 bits per heavy atom. The van der Waals surface area contributed by atoms with Crippen LogP contribution in [0.15, 0.2) is 72.9 Å². The molecule has 1 aromatic heterocycles. The van der Waals surface area contributed by atoms with E-state index in [9.17, 15) is 4.79 Å². The Hall–Kier alpha value is -3.14. The number of carbonyl (C=O) groups is 1. The number of para-hydroxylation sites is 2. The molecule has 2 aromatic carbocycles. The second-order valence-electron chi connectivity index (χ2n) is 5.56. The maximum atomic E-state index is 12.5. The normalized spacial score (nSPS) is 10.2. The number of nitrogens with one attached hydrogen (secondary N) is 1. The fraction of sp³-hybridized carbons (Fsp3) is 0.100. The van der Waals surface area contributed by atoms with Crippen molar-refractivity contribution in [1.29, 1.82) is 0 Å². The minimum Gasteiger partial charge on any atom is -0.345 e. The Balaban J connectivity index is 1.83. The summed E-state index contributed by atoms with van der Waals surface area (Å²) in [5.74, 6) is -0.215. The van der Waals surface area contributed by atoms with E-state index < -0.39 is 0 Å². The molecule has 0 saturated carbocycles. The van der Waals surface area contributed by atoms with Crippen LogP contribution in [0, 0.1) is 6.92 Å². The topological polar surface area (TPSA) is 45.2 Å². The first kappa shape index (κ1) is 15.7. The summed E-state index contributed by atoms with van der Waals surface area (Å²) >= 11 is 0. The predicted molar refractivity (Wildman–Crippen MR) is 97.9 cm³/mol. The number of nitrogens with zero attached hydrogens (tertiary/aromatic N) is 2. The van der Waals surface area contributed by atoms with E-state index in [4.69, 9.17) is 0 Å². The van der Waals surface area contributed by atoms with Gasteiger partial charge in [0.25, 0.3) is 5.91 Å². The molecule has 24 heavy (non-hydrogen) atoms. The van der Waals surface area contributed by atoms with Gasteiger partial charge < -0.3 is 10.2 Å². The molecular formula is C20H19N3O. The number of hydrogen-bond acceptors (Lipinski definition) is 3.